The van der Waals surface area contributed by atoms with Gasteiger partial charge in [-0.25, -0.2) is 0 Å². The quantitative estimate of drug-likeness (QED) is 0.565. The fraction of sp³-hybridized carbons (Fsp3) is 0.455. The molecule has 1 atom stereocenters. The summed E-state index contributed by atoms with van der Waals surface area (Å²) in [6.07, 6.45) is 0. The predicted octanol–water partition coefficient (Wildman–Crippen LogP) is 2.55. The van der Waals surface area contributed by atoms with Crippen LogP contribution in [0.3, 0.4) is 0 Å². The SMILES string of the molecule is Cc1ccc2c(c1)C(C)CN2C. The average molecular weight is 161 g/mol. The van der Waals surface area contributed by atoms with Crippen molar-refractivity contribution in [2.45, 2.75) is 19.8 Å². The number of likely N-dealkylation sites (N-methyl/N-ethyl adjacent to an activating group) is 1. The van der Waals surface area contributed by atoms with Crippen LogP contribution in [0.1, 0.15) is 24.0 Å². The zero-order valence-corrected chi connectivity index (χ0v) is 7.96. The van der Waals surface area contributed by atoms with Gasteiger partial charge >= 0.3 is 0 Å². The van der Waals surface area contributed by atoms with Crippen LogP contribution in [0.4, 0.5) is 5.69 Å². The molecule has 12 heavy (non-hydrogen) atoms. The molecular formula is C11H15N. The summed E-state index contributed by atoms with van der Waals surface area (Å²) in [7, 11) is 2.16. The smallest absolute Gasteiger partial charge is 0.0399 e. The van der Waals surface area contributed by atoms with E-state index in [2.05, 4.69) is 44.0 Å². The van der Waals surface area contributed by atoms with Crippen molar-refractivity contribution in [3.05, 3.63) is 29.3 Å². The summed E-state index contributed by atoms with van der Waals surface area (Å²) in [4.78, 5) is 2.33. The highest BCUT2D eigenvalue weighted by atomic mass is 15.1. The maximum atomic E-state index is 2.33. The van der Waals surface area contributed by atoms with Gasteiger partial charge in [0, 0.05) is 25.2 Å². The van der Waals surface area contributed by atoms with Gasteiger partial charge in [0.05, 0.1) is 0 Å². The van der Waals surface area contributed by atoms with E-state index in [9.17, 15) is 0 Å². The van der Waals surface area contributed by atoms with Crippen molar-refractivity contribution in [1.82, 2.24) is 0 Å². The van der Waals surface area contributed by atoms with Crippen molar-refractivity contribution >= 4 is 5.69 Å². The van der Waals surface area contributed by atoms with Gasteiger partial charge in [-0.15, -0.1) is 0 Å². The second-order valence-corrected chi connectivity index (χ2v) is 3.84. The van der Waals surface area contributed by atoms with E-state index >= 15 is 0 Å². The largest absolute Gasteiger partial charge is 0.374 e. The Kier molecular flexibility index (Phi) is 1.60. The number of nitrogens with zero attached hydrogens (tertiary/aromatic N) is 1. The van der Waals surface area contributed by atoms with Crippen molar-refractivity contribution in [1.29, 1.82) is 0 Å². The lowest BCUT2D eigenvalue weighted by Crippen LogP contribution is -2.13. The van der Waals surface area contributed by atoms with Crippen molar-refractivity contribution in [3.63, 3.8) is 0 Å². The highest BCUT2D eigenvalue weighted by Crippen LogP contribution is 2.35. The molecule has 0 bridgehead atoms. The summed E-state index contributed by atoms with van der Waals surface area (Å²) in [5.74, 6) is 0.699. The Morgan fingerprint density at radius 1 is 1.42 bits per heavy atom. The minimum absolute atomic E-state index is 0.699. The van der Waals surface area contributed by atoms with E-state index < -0.39 is 0 Å². The Balaban J connectivity index is 2.53. The molecule has 0 saturated carbocycles. The average Bonchev–Trinajstić information content (AvgIpc) is 2.28. The highest BCUT2D eigenvalue weighted by molar-refractivity contribution is 5.60. The highest BCUT2D eigenvalue weighted by Gasteiger charge is 2.21. The molecule has 0 aromatic heterocycles. The number of benzene rings is 1. The molecule has 1 nitrogen and oxygen atoms in total. The molecule has 1 unspecified atom stereocenters. The molecule has 0 aliphatic carbocycles. The third-order valence-corrected chi connectivity index (χ3v) is 2.67. The first-order valence-corrected chi connectivity index (χ1v) is 4.50. The summed E-state index contributed by atoms with van der Waals surface area (Å²) < 4.78 is 0. The van der Waals surface area contributed by atoms with Crippen LogP contribution in [0, 0.1) is 6.92 Å². The number of fused-ring (bicyclic) bond motifs is 1. The second-order valence-electron chi connectivity index (χ2n) is 3.84. The minimum Gasteiger partial charge on any atom is -0.374 e. The molecule has 0 spiro atoms. The van der Waals surface area contributed by atoms with Gasteiger partial charge in [0.25, 0.3) is 0 Å². The Morgan fingerprint density at radius 2 is 2.17 bits per heavy atom. The number of hydrogen-bond donors (Lipinski definition) is 0. The summed E-state index contributed by atoms with van der Waals surface area (Å²) in [6.45, 7) is 5.62. The van der Waals surface area contributed by atoms with Gasteiger partial charge in [-0.05, 0) is 18.6 Å². The molecule has 1 aromatic rings. The van der Waals surface area contributed by atoms with Crippen LogP contribution in [0.5, 0.6) is 0 Å². The Bertz CT molecular complexity index is 304. The lowest BCUT2D eigenvalue weighted by molar-refractivity contribution is 0.796. The van der Waals surface area contributed by atoms with E-state index in [1.807, 2.05) is 0 Å². The van der Waals surface area contributed by atoms with E-state index in [1.54, 1.807) is 0 Å². The van der Waals surface area contributed by atoms with Crippen LogP contribution >= 0.6 is 0 Å². The van der Waals surface area contributed by atoms with E-state index in [1.165, 1.54) is 23.4 Å². The molecule has 1 heterocycles. The second kappa shape index (κ2) is 2.51. The molecule has 0 amide bonds. The maximum Gasteiger partial charge on any atom is 0.0399 e. The van der Waals surface area contributed by atoms with Crippen LogP contribution in [0.2, 0.25) is 0 Å². The molecule has 0 radical (unpaired) electrons. The van der Waals surface area contributed by atoms with E-state index in [-0.39, 0.29) is 0 Å². The molecule has 0 fully saturated rings. The Hall–Kier alpha value is -0.980. The third-order valence-electron chi connectivity index (χ3n) is 2.67. The molecule has 0 N–H and O–H groups in total. The monoisotopic (exact) mass is 161 g/mol. The molecule has 0 saturated heterocycles. The van der Waals surface area contributed by atoms with Crippen LogP contribution in [-0.4, -0.2) is 13.6 Å². The topological polar surface area (TPSA) is 3.24 Å². The molecule has 1 aromatic carbocycles. The molecule has 1 heteroatoms. The van der Waals surface area contributed by atoms with Gasteiger partial charge in [-0.2, -0.15) is 0 Å². The first kappa shape index (κ1) is 7.66. The van der Waals surface area contributed by atoms with Gasteiger partial charge < -0.3 is 4.90 Å². The van der Waals surface area contributed by atoms with Gasteiger partial charge in [0.15, 0.2) is 0 Å². The van der Waals surface area contributed by atoms with Gasteiger partial charge in [0.2, 0.25) is 0 Å². The van der Waals surface area contributed by atoms with Gasteiger partial charge in [-0.1, -0.05) is 24.6 Å². The number of hydrogen-bond acceptors (Lipinski definition) is 1. The van der Waals surface area contributed by atoms with Crippen LogP contribution in [-0.2, 0) is 0 Å². The first-order valence-electron chi connectivity index (χ1n) is 4.50. The van der Waals surface area contributed by atoms with Crippen LogP contribution in [0.15, 0.2) is 18.2 Å². The fourth-order valence-corrected chi connectivity index (χ4v) is 2.02. The van der Waals surface area contributed by atoms with Crippen molar-refractivity contribution in [3.8, 4) is 0 Å². The van der Waals surface area contributed by atoms with Crippen molar-refractivity contribution in [2.75, 3.05) is 18.5 Å². The third kappa shape index (κ3) is 1.01. The molecule has 1 aliphatic heterocycles. The zero-order valence-electron chi connectivity index (χ0n) is 7.96. The standard InChI is InChI=1S/C11H15N/c1-8-4-5-11-10(6-8)9(2)7-12(11)3/h4-6,9H,7H2,1-3H3. The minimum atomic E-state index is 0.699. The predicted molar refractivity (Wildman–Crippen MR) is 52.9 cm³/mol. The number of aryl methyl sites for hydroxylation is 1. The van der Waals surface area contributed by atoms with E-state index in [0.29, 0.717) is 5.92 Å². The summed E-state index contributed by atoms with van der Waals surface area (Å²) in [5.41, 5.74) is 4.29. The molecule has 1 aliphatic rings. The van der Waals surface area contributed by atoms with Gasteiger partial charge in [0.1, 0.15) is 0 Å². The normalized spacial score (nSPS) is 21.2. The maximum absolute atomic E-state index is 2.33. The summed E-state index contributed by atoms with van der Waals surface area (Å²) >= 11 is 0. The Morgan fingerprint density at radius 3 is 2.92 bits per heavy atom. The van der Waals surface area contributed by atoms with Gasteiger partial charge in [-0.3, -0.25) is 0 Å². The van der Waals surface area contributed by atoms with E-state index in [4.69, 9.17) is 0 Å². The van der Waals surface area contributed by atoms with Crippen LogP contribution in [0.25, 0.3) is 0 Å². The van der Waals surface area contributed by atoms with E-state index in [0.717, 1.165) is 0 Å². The zero-order chi connectivity index (χ0) is 8.72. The lowest BCUT2D eigenvalue weighted by Gasteiger charge is -2.11. The van der Waals surface area contributed by atoms with Crippen molar-refractivity contribution < 1.29 is 0 Å². The molecule has 64 valence electrons. The number of rotatable bonds is 0. The molecule has 2 rings (SSSR count). The lowest BCUT2D eigenvalue weighted by atomic mass is 10.0. The van der Waals surface area contributed by atoms with Crippen molar-refractivity contribution in [2.24, 2.45) is 0 Å². The molecular weight excluding hydrogens is 146 g/mol. The summed E-state index contributed by atoms with van der Waals surface area (Å²) in [5, 5.41) is 0. The Labute approximate surface area is 74.0 Å². The summed E-state index contributed by atoms with van der Waals surface area (Å²) in [6, 6.07) is 6.73. The number of anilines is 1. The van der Waals surface area contributed by atoms with Crippen LogP contribution < -0.4 is 4.90 Å². The first-order chi connectivity index (χ1) is 5.68. The fourth-order valence-electron chi connectivity index (χ4n) is 2.02.